The third-order valence-corrected chi connectivity index (χ3v) is 6.89. The van der Waals surface area contributed by atoms with Gasteiger partial charge in [-0.15, -0.1) is 0 Å². The number of carbonyl (C=O) groups is 1. The number of carboxylic acid groups (broad SMARTS) is 1. The zero-order valence-electron chi connectivity index (χ0n) is 15.7. The van der Waals surface area contributed by atoms with Crippen LogP contribution in [0.25, 0.3) is 0 Å². The average Bonchev–Trinajstić information content (AvgIpc) is 3.13. The van der Waals surface area contributed by atoms with Crippen molar-refractivity contribution in [3.63, 3.8) is 0 Å². The monoisotopic (exact) mass is 366 g/mol. The third-order valence-electron chi connectivity index (χ3n) is 6.89. The summed E-state index contributed by atoms with van der Waals surface area (Å²) >= 11 is 0. The number of rotatable bonds is 8. The zero-order chi connectivity index (χ0) is 18.5. The Morgan fingerprint density at radius 2 is 1.81 bits per heavy atom. The lowest BCUT2D eigenvalue weighted by Gasteiger charge is -2.23. The second-order valence-corrected chi connectivity index (χ2v) is 8.69. The number of hydrogen-bond acceptors (Lipinski definition) is 4. The first kappa shape index (κ1) is 19.7. The van der Waals surface area contributed by atoms with Crippen LogP contribution in [0.1, 0.15) is 64.2 Å². The van der Waals surface area contributed by atoms with Crippen molar-refractivity contribution in [1.29, 1.82) is 0 Å². The Morgan fingerprint density at radius 3 is 2.54 bits per heavy atom. The number of allylic oxidation sites excluding steroid dienone is 1. The number of hydrogen-bond donors (Lipinski definition) is 3. The first-order valence-electron chi connectivity index (χ1n) is 10.4. The van der Waals surface area contributed by atoms with Crippen LogP contribution in [0, 0.1) is 29.6 Å². The summed E-state index contributed by atoms with van der Waals surface area (Å²) in [6, 6.07) is 0. The van der Waals surface area contributed by atoms with Crippen molar-refractivity contribution in [3.8, 4) is 0 Å². The van der Waals surface area contributed by atoms with E-state index in [4.69, 9.17) is 9.84 Å². The summed E-state index contributed by atoms with van der Waals surface area (Å²) in [5.41, 5.74) is 0. The SMILES string of the molecule is O=C(O)COCC[C@@H]1C[C@@H]2C[C@@H](O)[C@H](C(O)=CCC3CCCCC3)[C@@H]2C1. The van der Waals surface area contributed by atoms with Crippen LogP contribution in [0.5, 0.6) is 0 Å². The van der Waals surface area contributed by atoms with Gasteiger partial charge in [0.2, 0.25) is 0 Å². The molecule has 148 valence electrons. The fraction of sp³-hybridized carbons (Fsp3) is 0.857. The highest BCUT2D eigenvalue weighted by molar-refractivity contribution is 5.67. The minimum atomic E-state index is -0.926. The molecule has 0 spiro atoms. The van der Waals surface area contributed by atoms with Gasteiger partial charge in [-0.25, -0.2) is 4.79 Å². The lowest BCUT2D eigenvalue weighted by molar-refractivity contribution is -0.142. The van der Waals surface area contributed by atoms with Gasteiger partial charge in [0.15, 0.2) is 0 Å². The Hall–Kier alpha value is -1.07. The van der Waals surface area contributed by atoms with Gasteiger partial charge < -0.3 is 20.1 Å². The van der Waals surface area contributed by atoms with E-state index in [2.05, 4.69) is 0 Å². The predicted molar refractivity (Wildman–Crippen MR) is 98.8 cm³/mol. The van der Waals surface area contributed by atoms with Gasteiger partial charge in [0.1, 0.15) is 6.61 Å². The van der Waals surface area contributed by atoms with E-state index in [0.29, 0.717) is 36.0 Å². The van der Waals surface area contributed by atoms with Crippen molar-refractivity contribution in [2.75, 3.05) is 13.2 Å². The molecular formula is C21H34O5. The Morgan fingerprint density at radius 1 is 1.04 bits per heavy atom. The van der Waals surface area contributed by atoms with Crippen molar-refractivity contribution in [1.82, 2.24) is 0 Å². The molecule has 5 atom stereocenters. The van der Waals surface area contributed by atoms with E-state index < -0.39 is 12.1 Å². The van der Waals surface area contributed by atoms with Crippen molar-refractivity contribution >= 4 is 5.97 Å². The molecule has 3 N–H and O–H groups in total. The van der Waals surface area contributed by atoms with Crippen LogP contribution in [-0.4, -0.2) is 40.6 Å². The van der Waals surface area contributed by atoms with Gasteiger partial charge in [0, 0.05) is 12.5 Å². The Bertz CT molecular complexity index is 497. The van der Waals surface area contributed by atoms with Crippen LogP contribution in [0.4, 0.5) is 0 Å². The molecule has 0 aromatic heterocycles. The fourth-order valence-electron chi connectivity index (χ4n) is 5.64. The highest BCUT2D eigenvalue weighted by atomic mass is 16.5. The minimum Gasteiger partial charge on any atom is -0.512 e. The maximum Gasteiger partial charge on any atom is 0.329 e. The summed E-state index contributed by atoms with van der Waals surface area (Å²) in [6.07, 6.45) is 12.7. The molecule has 3 fully saturated rings. The Labute approximate surface area is 156 Å². The van der Waals surface area contributed by atoms with Gasteiger partial charge in [-0.1, -0.05) is 32.1 Å². The molecule has 3 rings (SSSR count). The van der Waals surface area contributed by atoms with Crippen LogP contribution in [0.3, 0.4) is 0 Å². The molecule has 5 heteroatoms. The van der Waals surface area contributed by atoms with Gasteiger partial charge in [0.25, 0.3) is 0 Å². The number of ether oxygens (including phenoxy) is 1. The summed E-state index contributed by atoms with van der Waals surface area (Å²) in [6.45, 7) is 0.249. The summed E-state index contributed by atoms with van der Waals surface area (Å²) in [5.74, 6) is 1.43. The minimum absolute atomic E-state index is 0.103. The lowest BCUT2D eigenvalue weighted by atomic mass is 9.84. The van der Waals surface area contributed by atoms with Crippen LogP contribution < -0.4 is 0 Å². The van der Waals surface area contributed by atoms with E-state index in [1.165, 1.54) is 32.1 Å². The maximum atomic E-state index is 10.7. The first-order chi connectivity index (χ1) is 12.5. The molecule has 3 aliphatic rings. The lowest BCUT2D eigenvalue weighted by Crippen LogP contribution is -2.22. The second-order valence-electron chi connectivity index (χ2n) is 8.69. The van der Waals surface area contributed by atoms with Crippen molar-refractivity contribution in [2.24, 2.45) is 29.6 Å². The van der Waals surface area contributed by atoms with E-state index in [1.807, 2.05) is 6.08 Å². The smallest absolute Gasteiger partial charge is 0.329 e. The maximum absolute atomic E-state index is 10.7. The van der Waals surface area contributed by atoms with Crippen LogP contribution in [0.15, 0.2) is 11.8 Å². The summed E-state index contributed by atoms with van der Waals surface area (Å²) in [4.78, 5) is 10.5. The molecule has 0 bridgehead atoms. The number of aliphatic hydroxyl groups excluding tert-OH is 2. The molecular weight excluding hydrogens is 332 g/mol. The summed E-state index contributed by atoms with van der Waals surface area (Å²) in [7, 11) is 0. The van der Waals surface area contributed by atoms with Gasteiger partial charge in [-0.3, -0.25) is 0 Å². The number of aliphatic hydroxyl groups is 2. The molecule has 0 unspecified atom stereocenters. The molecule has 26 heavy (non-hydrogen) atoms. The highest BCUT2D eigenvalue weighted by Crippen LogP contribution is 2.52. The summed E-state index contributed by atoms with van der Waals surface area (Å²) in [5, 5.41) is 29.8. The van der Waals surface area contributed by atoms with E-state index in [0.717, 1.165) is 32.1 Å². The molecule has 5 nitrogen and oxygen atoms in total. The number of carboxylic acids is 1. The molecule has 0 radical (unpaired) electrons. The largest absolute Gasteiger partial charge is 0.512 e. The average molecular weight is 366 g/mol. The molecule has 0 heterocycles. The number of aliphatic carboxylic acids is 1. The molecule has 0 aromatic rings. The van der Waals surface area contributed by atoms with Crippen LogP contribution in [0.2, 0.25) is 0 Å². The van der Waals surface area contributed by atoms with Crippen LogP contribution in [-0.2, 0) is 9.53 Å². The van der Waals surface area contributed by atoms with Gasteiger partial charge in [-0.05, 0) is 61.9 Å². The topological polar surface area (TPSA) is 87.0 Å². The molecule has 0 aromatic carbocycles. The van der Waals surface area contributed by atoms with Crippen molar-refractivity contribution < 1.29 is 24.9 Å². The predicted octanol–water partition coefficient (Wildman–Crippen LogP) is 3.91. The van der Waals surface area contributed by atoms with E-state index in [-0.39, 0.29) is 12.5 Å². The van der Waals surface area contributed by atoms with Gasteiger partial charge >= 0.3 is 5.97 Å². The summed E-state index contributed by atoms with van der Waals surface area (Å²) < 4.78 is 5.17. The third kappa shape index (κ3) is 5.01. The standard InChI is InChI=1S/C21H34O5/c22-18(7-6-14-4-2-1-3-5-14)21-17-11-15(8-9-26-13-20(24)25)10-16(17)12-19(21)23/h7,14-17,19,21-23H,1-6,8-13H2,(H,24,25)/t15-,16-,17-,19-,21+/m1/s1. The molecule has 3 aliphatic carbocycles. The molecule has 0 saturated heterocycles. The Kier molecular flexibility index (Phi) is 6.98. The second kappa shape index (κ2) is 9.23. The Balaban J connectivity index is 1.49. The fourth-order valence-corrected chi connectivity index (χ4v) is 5.64. The molecule has 0 aliphatic heterocycles. The van der Waals surface area contributed by atoms with Gasteiger partial charge in [-0.2, -0.15) is 0 Å². The van der Waals surface area contributed by atoms with Gasteiger partial charge in [0.05, 0.1) is 11.9 Å². The molecule has 3 saturated carbocycles. The van der Waals surface area contributed by atoms with E-state index in [9.17, 15) is 15.0 Å². The van der Waals surface area contributed by atoms with Crippen molar-refractivity contribution in [3.05, 3.63) is 11.8 Å². The highest BCUT2D eigenvalue weighted by Gasteiger charge is 2.49. The molecule has 0 amide bonds. The normalized spacial score (nSPS) is 35.6. The quantitative estimate of drug-likeness (QED) is 0.448. The van der Waals surface area contributed by atoms with Crippen molar-refractivity contribution in [2.45, 2.75) is 70.3 Å². The van der Waals surface area contributed by atoms with E-state index in [1.54, 1.807) is 0 Å². The number of fused-ring (bicyclic) bond motifs is 1. The first-order valence-corrected chi connectivity index (χ1v) is 10.4. The van der Waals surface area contributed by atoms with E-state index >= 15 is 0 Å². The van der Waals surface area contributed by atoms with Crippen LogP contribution >= 0.6 is 0 Å². The zero-order valence-corrected chi connectivity index (χ0v) is 15.7.